The Bertz CT molecular complexity index is 1120. The maximum Gasteiger partial charge on any atom is 0.250 e. The zero-order valence-electron chi connectivity index (χ0n) is 16.4. The molecule has 31 heavy (non-hydrogen) atoms. The molecular formula is C22H19ClFN3O4. The molecule has 3 heterocycles. The molecule has 160 valence electrons. The van der Waals surface area contributed by atoms with Gasteiger partial charge in [0.2, 0.25) is 17.7 Å². The van der Waals surface area contributed by atoms with Crippen LogP contribution in [-0.2, 0) is 26.5 Å². The van der Waals surface area contributed by atoms with E-state index >= 15 is 0 Å². The smallest absolute Gasteiger partial charge is 0.250 e. The molecule has 7 nitrogen and oxygen atoms in total. The average molecular weight is 444 g/mol. The normalized spacial score (nSPS) is 30.0. The van der Waals surface area contributed by atoms with Crippen molar-refractivity contribution in [2.24, 2.45) is 11.8 Å². The molecule has 1 spiro atoms. The molecule has 2 aromatic rings. The van der Waals surface area contributed by atoms with Crippen LogP contribution in [0.5, 0.6) is 0 Å². The number of hydrogen-bond donors (Lipinski definition) is 3. The largest absolute Gasteiger partial charge is 0.392 e. The van der Waals surface area contributed by atoms with Gasteiger partial charge in [0, 0.05) is 22.3 Å². The number of hydrogen-bond acceptors (Lipinski definition) is 5. The highest BCUT2D eigenvalue weighted by Crippen LogP contribution is 2.53. The minimum atomic E-state index is -1.52. The Hall–Kier alpha value is -2.81. The summed E-state index contributed by atoms with van der Waals surface area (Å²) in [4.78, 5) is 41.2. The van der Waals surface area contributed by atoms with E-state index < -0.39 is 53.1 Å². The van der Waals surface area contributed by atoms with Gasteiger partial charge < -0.3 is 10.4 Å². The first-order chi connectivity index (χ1) is 14.7. The summed E-state index contributed by atoms with van der Waals surface area (Å²) in [6, 6.07) is 9.58. The third-order valence-electron chi connectivity index (χ3n) is 6.48. The van der Waals surface area contributed by atoms with Crippen molar-refractivity contribution in [2.75, 3.05) is 5.32 Å². The summed E-state index contributed by atoms with van der Waals surface area (Å²) in [7, 11) is 0. The van der Waals surface area contributed by atoms with Crippen LogP contribution in [0, 0.1) is 17.7 Å². The number of carbonyl (C=O) groups is 3. The lowest BCUT2D eigenvalue weighted by molar-refractivity contribution is -0.143. The molecule has 5 atom stereocenters. The van der Waals surface area contributed by atoms with Gasteiger partial charge in [-0.3, -0.25) is 24.6 Å². The Morgan fingerprint density at radius 3 is 2.55 bits per heavy atom. The Morgan fingerprint density at radius 1 is 1.16 bits per heavy atom. The van der Waals surface area contributed by atoms with E-state index in [0.29, 0.717) is 21.8 Å². The predicted octanol–water partition coefficient (Wildman–Crippen LogP) is 1.78. The summed E-state index contributed by atoms with van der Waals surface area (Å²) in [6.07, 6.45) is -0.995. The van der Waals surface area contributed by atoms with Gasteiger partial charge in [0.25, 0.3) is 0 Å². The molecule has 9 heteroatoms. The fourth-order valence-corrected chi connectivity index (χ4v) is 5.28. The lowest BCUT2D eigenvalue weighted by Gasteiger charge is -2.30. The van der Waals surface area contributed by atoms with Crippen molar-refractivity contribution in [3.05, 3.63) is 64.4 Å². The van der Waals surface area contributed by atoms with Gasteiger partial charge in [-0.25, -0.2) is 4.39 Å². The number of nitrogens with zero attached hydrogens (tertiary/aromatic N) is 1. The molecule has 0 aromatic heterocycles. The molecule has 3 aliphatic rings. The molecule has 2 saturated heterocycles. The number of halogens is 2. The summed E-state index contributed by atoms with van der Waals surface area (Å²) < 4.78 is 13.3. The lowest BCUT2D eigenvalue weighted by atomic mass is 9.76. The monoisotopic (exact) mass is 443 g/mol. The molecule has 0 radical (unpaired) electrons. The summed E-state index contributed by atoms with van der Waals surface area (Å²) in [5.74, 6) is -3.85. The van der Waals surface area contributed by atoms with E-state index in [4.69, 9.17) is 11.6 Å². The van der Waals surface area contributed by atoms with Crippen molar-refractivity contribution >= 4 is 35.0 Å². The number of amides is 3. The first-order valence-electron chi connectivity index (χ1n) is 9.91. The van der Waals surface area contributed by atoms with Crippen LogP contribution in [0.3, 0.4) is 0 Å². The van der Waals surface area contributed by atoms with Crippen molar-refractivity contribution in [3.63, 3.8) is 0 Å². The van der Waals surface area contributed by atoms with Crippen LogP contribution in [0.4, 0.5) is 10.1 Å². The van der Waals surface area contributed by atoms with Gasteiger partial charge >= 0.3 is 0 Å². The Balaban J connectivity index is 1.61. The van der Waals surface area contributed by atoms with Crippen molar-refractivity contribution in [3.8, 4) is 0 Å². The Labute approximate surface area is 182 Å². The van der Waals surface area contributed by atoms with Crippen molar-refractivity contribution in [1.82, 2.24) is 10.2 Å². The van der Waals surface area contributed by atoms with Gasteiger partial charge in [0.1, 0.15) is 11.4 Å². The zero-order valence-corrected chi connectivity index (χ0v) is 17.2. The highest BCUT2D eigenvalue weighted by molar-refractivity contribution is 6.31. The van der Waals surface area contributed by atoms with Gasteiger partial charge in [-0.1, -0.05) is 23.7 Å². The van der Waals surface area contributed by atoms with Gasteiger partial charge in [-0.05, 0) is 42.8 Å². The van der Waals surface area contributed by atoms with E-state index in [1.807, 2.05) is 0 Å². The topological polar surface area (TPSA) is 98.7 Å². The molecule has 3 amide bonds. The molecule has 3 aliphatic heterocycles. The number of rotatable bonds is 3. The minimum absolute atomic E-state index is 0.0441. The van der Waals surface area contributed by atoms with Crippen LogP contribution >= 0.6 is 11.6 Å². The van der Waals surface area contributed by atoms with Crippen molar-refractivity contribution in [2.45, 2.75) is 31.2 Å². The van der Waals surface area contributed by atoms with Crippen LogP contribution in [0.1, 0.15) is 18.1 Å². The Kier molecular flexibility index (Phi) is 4.44. The number of aliphatic hydroxyl groups is 1. The summed E-state index contributed by atoms with van der Waals surface area (Å²) in [5, 5.41) is 16.7. The molecule has 2 aromatic carbocycles. The fraction of sp³-hybridized carbons (Fsp3) is 0.318. The number of anilines is 1. The molecule has 3 N–H and O–H groups in total. The predicted molar refractivity (Wildman–Crippen MR) is 109 cm³/mol. The third-order valence-corrected chi connectivity index (χ3v) is 6.71. The molecular weight excluding hydrogens is 425 g/mol. The second kappa shape index (κ2) is 6.85. The standard InChI is InChI=1S/C22H19ClFN3O4/c1-10(28)18-16-17(20(30)27(19(16)29)9-11-2-5-13(24)6-3-11)22(26-18)14-8-12(23)4-7-15(14)25-21(22)31/h2-8,10,16-18,26,28H,9H2,1H3,(H,25,31)/t10-,16-,17-,18+,22+/m0/s1. The lowest BCUT2D eigenvalue weighted by Crippen LogP contribution is -2.54. The number of nitrogens with one attached hydrogen (secondary N) is 2. The molecule has 0 bridgehead atoms. The van der Waals surface area contributed by atoms with Crippen LogP contribution in [0.25, 0.3) is 0 Å². The number of carbonyl (C=O) groups excluding carboxylic acids is 3. The van der Waals surface area contributed by atoms with E-state index in [9.17, 15) is 23.9 Å². The maximum absolute atomic E-state index is 13.5. The van der Waals surface area contributed by atoms with Crippen LogP contribution < -0.4 is 10.6 Å². The van der Waals surface area contributed by atoms with Gasteiger partial charge in [-0.2, -0.15) is 0 Å². The number of fused-ring (bicyclic) bond motifs is 4. The second-order valence-electron chi connectivity index (χ2n) is 8.26. The van der Waals surface area contributed by atoms with E-state index in [-0.39, 0.29) is 6.54 Å². The maximum atomic E-state index is 13.5. The van der Waals surface area contributed by atoms with E-state index in [1.165, 1.54) is 31.2 Å². The zero-order chi connectivity index (χ0) is 22.1. The fourth-order valence-electron chi connectivity index (χ4n) is 5.11. The molecule has 0 unspecified atom stereocenters. The summed E-state index contributed by atoms with van der Waals surface area (Å²) in [5.41, 5.74) is 0.0478. The highest BCUT2D eigenvalue weighted by atomic mass is 35.5. The van der Waals surface area contributed by atoms with Crippen LogP contribution in [-0.4, -0.2) is 39.9 Å². The first kappa shape index (κ1) is 20.1. The number of benzene rings is 2. The highest BCUT2D eigenvalue weighted by Gasteiger charge is 2.71. The SMILES string of the molecule is C[C@H](O)[C@H]1N[C@@]2(C(=O)Nc3ccc(Cl)cc32)[C@@H]2C(=O)N(Cc3ccc(F)cc3)C(=O)[C@H]12. The van der Waals surface area contributed by atoms with Crippen molar-refractivity contribution in [1.29, 1.82) is 0 Å². The summed E-state index contributed by atoms with van der Waals surface area (Å²) >= 11 is 6.18. The van der Waals surface area contributed by atoms with E-state index in [2.05, 4.69) is 10.6 Å². The third kappa shape index (κ3) is 2.75. The number of imide groups is 1. The first-order valence-corrected chi connectivity index (χ1v) is 10.3. The Morgan fingerprint density at radius 2 is 1.87 bits per heavy atom. The molecule has 5 rings (SSSR count). The summed E-state index contributed by atoms with van der Waals surface area (Å²) in [6.45, 7) is 1.47. The van der Waals surface area contributed by atoms with Gasteiger partial charge in [0.05, 0.1) is 24.5 Å². The van der Waals surface area contributed by atoms with Gasteiger partial charge in [0.15, 0.2) is 0 Å². The number of likely N-dealkylation sites (tertiary alicyclic amines) is 1. The molecule has 0 saturated carbocycles. The van der Waals surface area contributed by atoms with E-state index in [1.54, 1.807) is 18.2 Å². The molecule has 0 aliphatic carbocycles. The van der Waals surface area contributed by atoms with E-state index in [0.717, 1.165) is 4.90 Å². The average Bonchev–Trinajstić information content (AvgIpc) is 3.31. The van der Waals surface area contributed by atoms with Crippen LogP contribution in [0.15, 0.2) is 42.5 Å². The number of aliphatic hydroxyl groups excluding tert-OH is 1. The van der Waals surface area contributed by atoms with Crippen LogP contribution in [0.2, 0.25) is 5.02 Å². The molecule has 2 fully saturated rings. The van der Waals surface area contributed by atoms with Gasteiger partial charge in [-0.15, -0.1) is 0 Å². The minimum Gasteiger partial charge on any atom is -0.392 e. The van der Waals surface area contributed by atoms with Crippen molar-refractivity contribution < 1.29 is 23.9 Å². The quantitative estimate of drug-likeness (QED) is 0.628. The second-order valence-corrected chi connectivity index (χ2v) is 8.69.